The normalized spacial score (nSPS) is 10.6. The van der Waals surface area contributed by atoms with Crippen molar-refractivity contribution in [3.63, 3.8) is 0 Å². The molecule has 2 rings (SSSR count). The lowest BCUT2D eigenvalue weighted by Gasteiger charge is -2.13. The fourth-order valence-electron chi connectivity index (χ4n) is 1.69. The molecule has 0 aliphatic heterocycles. The first-order chi connectivity index (χ1) is 7.20. The third-order valence-electron chi connectivity index (χ3n) is 2.64. The maximum absolute atomic E-state index is 5.61. The van der Waals surface area contributed by atoms with Gasteiger partial charge in [-0.25, -0.2) is 0 Å². The van der Waals surface area contributed by atoms with Crippen LogP contribution in [0.5, 0.6) is 0 Å². The van der Waals surface area contributed by atoms with Crippen molar-refractivity contribution in [1.82, 2.24) is 0 Å². The number of nitrogens with two attached hydrogens (primary N) is 1. The molecule has 2 aromatic carbocycles. The Bertz CT molecular complexity index is 475. The maximum Gasteiger partial charge on any atom is 0.0367 e. The van der Waals surface area contributed by atoms with Gasteiger partial charge < -0.3 is 10.6 Å². The molecule has 0 aromatic heterocycles. The number of fused-ring (bicyclic) bond motifs is 1. The second-order valence-corrected chi connectivity index (χ2v) is 3.96. The molecule has 0 spiro atoms. The van der Waals surface area contributed by atoms with Crippen molar-refractivity contribution >= 4 is 16.5 Å². The standard InChI is InChI=1S/C13H16N2/c1-15(2)13-6-5-11-7-10(9-14)3-4-12(11)8-13/h3-8H,9,14H2,1-2H3. The van der Waals surface area contributed by atoms with Crippen LogP contribution in [0.2, 0.25) is 0 Å². The molecule has 0 bridgehead atoms. The second-order valence-electron chi connectivity index (χ2n) is 3.96. The van der Waals surface area contributed by atoms with Gasteiger partial charge in [0.05, 0.1) is 0 Å². The summed E-state index contributed by atoms with van der Waals surface area (Å²) in [5.41, 5.74) is 8.02. The topological polar surface area (TPSA) is 29.3 Å². The van der Waals surface area contributed by atoms with E-state index in [4.69, 9.17) is 5.73 Å². The van der Waals surface area contributed by atoms with Gasteiger partial charge in [-0.3, -0.25) is 0 Å². The molecule has 0 saturated heterocycles. The van der Waals surface area contributed by atoms with Gasteiger partial charge in [0.25, 0.3) is 0 Å². The van der Waals surface area contributed by atoms with E-state index in [0.717, 1.165) is 0 Å². The molecule has 78 valence electrons. The van der Waals surface area contributed by atoms with Gasteiger partial charge >= 0.3 is 0 Å². The summed E-state index contributed by atoms with van der Waals surface area (Å²) in [6.45, 7) is 0.603. The van der Waals surface area contributed by atoms with Crippen LogP contribution in [0.15, 0.2) is 36.4 Å². The van der Waals surface area contributed by atoms with Gasteiger partial charge in [-0.2, -0.15) is 0 Å². The van der Waals surface area contributed by atoms with Crippen molar-refractivity contribution in [2.24, 2.45) is 5.73 Å². The molecule has 15 heavy (non-hydrogen) atoms. The van der Waals surface area contributed by atoms with E-state index >= 15 is 0 Å². The summed E-state index contributed by atoms with van der Waals surface area (Å²) in [5, 5.41) is 2.52. The highest BCUT2D eigenvalue weighted by Crippen LogP contribution is 2.21. The lowest BCUT2D eigenvalue weighted by Crippen LogP contribution is -2.08. The molecule has 2 heteroatoms. The van der Waals surface area contributed by atoms with Gasteiger partial charge in [-0.1, -0.05) is 18.2 Å². The van der Waals surface area contributed by atoms with Gasteiger partial charge in [0.15, 0.2) is 0 Å². The molecular formula is C13H16N2. The largest absolute Gasteiger partial charge is 0.378 e. The Morgan fingerprint density at radius 1 is 1.00 bits per heavy atom. The van der Waals surface area contributed by atoms with Crippen LogP contribution in [0.4, 0.5) is 5.69 Å². The van der Waals surface area contributed by atoms with Crippen molar-refractivity contribution in [3.05, 3.63) is 42.0 Å². The van der Waals surface area contributed by atoms with E-state index < -0.39 is 0 Å². The Kier molecular flexibility index (Phi) is 2.60. The van der Waals surface area contributed by atoms with E-state index in [2.05, 4.69) is 55.4 Å². The van der Waals surface area contributed by atoms with Crippen LogP contribution < -0.4 is 10.6 Å². The van der Waals surface area contributed by atoms with E-state index in [0.29, 0.717) is 6.54 Å². The summed E-state index contributed by atoms with van der Waals surface area (Å²) in [7, 11) is 4.10. The Hall–Kier alpha value is -1.54. The average Bonchev–Trinajstić information content (AvgIpc) is 2.27. The van der Waals surface area contributed by atoms with E-state index in [1.807, 2.05) is 0 Å². The molecule has 2 aromatic rings. The maximum atomic E-state index is 5.61. The van der Waals surface area contributed by atoms with Gasteiger partial charge in [-0.05, 0) is 34.5 Å². The summed E-state index contributed by atoms with van der Waals surface area (Å²) in [5.74, 6) is 0. The van der Waals surface area contributed by atoms with Crippen LogP contribution in [0.3, 0.4) is 0 Å². The first-order valence-corrected chi connectivity index (χ1v) is 5.11. The third-order valence-corrected chi connectivity index (χ3v) is 2.64. The van der Waals surface area contributed by atoms with Crippen molar-refractivity contribution in [2.45, 2.75) is 6.54 Å². The fourth-order valence-corrected chi connectivity index (χ4v) is 1.69. The molecule has 0 unspecified atom stereocenters. The first-order valence-electron chi connectivity index (χ1n) is 5.11. The van der Waals surface area contributed by atoms with Crippen LogP contribution in [-0.4, -0.2) is 14.1 Å². The predicted molar refractivity (Wildman–Crippen MR) is 66.2 cm³/mol. The summed E-state index contributed by atoms with van der Waals surface area (Å²) >= 11 is 0. The Morgan fingerprint density at radius 3 is 2.33 bits per heavy atom. The SMILES string of the molecule is CN(C)c1ccc2cc(CN)ccc2c1. The lowest BCUT2D eigenvalue weighted by molar-refractivity contribution is 1.08. The number of benzene rings is 2. The molecule has 2 N–H and O–H groups in total. The highest BCUT2D eigenvalue weighted by Gasteiger charge is 1.98. The summed E-state index contributed by atoms with van der Waals surface area (Å²) < 4.78 is 0. The molecule has 0 amide bonds. The number of hydrogen-bond acceptors (Lipinski definition) is 2. The van der Waals surface area contributed by atoms with Crippen molar-refractivity contribution in [3.8, 4) is 0 Å². The Morgan fingerprint density at radius 2 is 1.67 bits per heavy atom. The van der Waals surface area contributed by atoms with E-state index in [-0.39, 0.29) is 0 Å². The molecule has 2 nitrogen and oxygen atoms in total. The minimum absolute atomic E-state index is 0.603. The minimum atomic E-state index is 0.603. The summed E-state index contributed by atoms with van der Waals surface area (Å²) in [6.07, 6.45) is 0. The smallest absolute Gasteiger partial charge is 0.0367 e. The van der Waals surface area contributed by atoms with E-state index in [1.54, 1.807) is 0 Å². The number of nitrogens with zero attached hydrogens (tertiary/aromatic N) is 1. The number of hydrogen-bond donors (Lipinski definition) is 1. The fraction of sp³-hybridized carbons (Fsp3) is 0.231. The molecule has 0 saturated carbocycles. The molecular weight excluding hydrogens is 184 g/mol. The lowest BCUT2D eigenvalue weighted by atomic mass is 10.1. The molecule has 0 radical (unpaired) electrons. The molecule has 0 fully saturated rings. The van der Waals surface area contributed by atoms with Gasteiger partial charge in [-0.15, -0.1) is 0 Å². The van der Waals surface area contributed by atoms with Gasteiger partial charge in [0, 0.05) is 26.3 Å². The monoisotopic (exact) mass is 200 g/mol. The van der Waals surface area contributed by atoms with Crippen molar-refractivity contribution < 1.29 is 0 Å². The van der Waals surface area contributed by atoms with Gasteiger partial charge in [0.1, 0.15) is 0 Å². The van der Waals surface area contributed by atoms with Gasteiger partial charge in [0.2, 0.25) is 0 Å². The van der Waals surface area contributed by atoms with Crippen molar-refractivity contribution in [2.75, 3.05) is 19.0 Å². The van der Waals surface area contributed by atoms with E-state index in [9.17, 15) is 0 Å². The van der Waals surface area contributed by atoms with Crippen LogP contribution in [0.25, 0.3) is 10.8 Å². The molecule has 0 heterocycles. The van der Waals surface area contributed by atoms with Crippen LogP contribution in [0, 0.1) is 0 Å². The van der Waals surface area contributed by atoms with Crippen molar-refractivity contribution in [1.29, 1.82) is 0 Å². The Labute approximate surface area is 90.3 Å². The zero-order valence-corrected chi connectivity index (χ0v) is 9.20. The minimum Gasteiger partial charge on any atom is -0.378 e. The number of anilines is 1. The van der Waals surface area contributed by atoms with Crippen LogP contribution in [0.1, 0.15) is 5.56 Å². The van der Waals surface area contributed by atoms with Crippen LogP contribution in [-0.2, 0) is 6.54 Å². The number of rotatable bonds is 2. The Balaban J connectivity index is 2.55. The molecule has 0 aliphatic carbocycles. The zero-order valence-electron chi connectivity index (χ0n) is 9.20. The quantitative estimate of drug-likeness (QED) is 0.806. The van der Waals surface area contributed by atoms with Crippen LogP contribution >= 0.6 is 0 Å². The summed E-state index contributed by atoms with van der Waals surface area (Å²) in [4.78, 5) is 2.11. The highest BCUT2D eigenvalue weighted by atomic mass is 15.1. The van der Waals surface area contributed by atoms with E-state index in [1.165, 1.54) is 22.0 Å². The third kappa shape index (κ3) is 1.95. The average molecular weight is 200 g/mol. The second kappa shape index (κ2) is 3.91. The summed E-state index contributed by atoms with van der Waals surface area (Å²) in [6, 6.07) is 12.8. The highest BCUT2D eigenvalue weighted by molar-refractivity contribution is 5.86. The molecule has 0 aliphatic rings. The first kappa shape index (κ1) is 9.99. The predicted octanol–water partition coefficient (Wildman–Crippen LogP) is 2.36. The zero-order chi connectivity index (χ0) is 10.8. The molecule has 0 atom stereocenters.